The maximum absolute atomic E-state index is 10.8. The second kappa shape index (κ2) is 5.63. The molecular weight excluding hydrogens is 220 g/mol. The van der Waals surface area contributed by atoms with Gasteiger partial charge in [0.15, 0.2) is 0 Å². The zero-order chi connectivity index (χ0) is 12.9. The summed E-state index contributed by atoms with van der Waals surface area (Å²) in [5, 5.41) is 0. The van der Waals surface area contributed by atoms with Gasteiger partial charge in [-0.05, 0) is 26.8 Å². The van der Waals surface area contributed by atoms with E-state index in [1.807, 2.05) is 20.8 Å². The Morgan fingerprint density at radius 1 is 1.35 bits per heavy atom. The highest BCUT2D eigenvalue weighted by molar-refractivity contribution is 5.92. The molecule has 94 valence electrons. The molecule has 1 amide bonds. The molecule has 0 radical (unpaired) electrons. The highest BCUT2D eigenvalue weighted by Gasteiger charge is 2.09. The largest absolute Gasteiger partial charge is 0.475 e. The Morgan fingerprint density at radius 3 is 2.53 bits per heavy atom. The molecule has 1 aromatic rings. The number of nitrogens with zero attached hydrogens (tertiary/aromatic N) is 1. The maximum atomic E-state index is 10.8. The quantitative estimate of drug-likeness (QED) is 0.786. The van der Waals surface area contributed by atoms with Crippen molar-refractivity contribution in [2.45, 2.75) is 26.4 Å². The van der Waals surface area contributed by atoms with Crippen molar-refractivity contribution in [2.24, 2.45) is 5.73 Å². The van der Waals surface area contributed by atoms with Crippen LogP contribution in [0.4, 0.5) is 0 Å². The molecule has 0 unspecified atom stereocenters. The van der Waals surface area contributed by atoms with Crippen LogP contribution in [0.3, 0.4) is 0 Å². The number of pyridine rings is 1. The van der Waals surface area contributed by atoms with Gasteiger partial charge in [-0.25, -0.2) is 4.98 Å². The summed E-state index contributed by atoms with van der Waals surface area (Å²) in [7, 11) is 0. The number of hydrogen-bond donors (Lipinski definition) is 1. The first-order chi connectivity index (χ1) is 7.88. The summed E-state index contributed by atoms with van der Waals surface area (Å²) >= 11 is 0. The van der Waals surface area contributed by atoms with Crippen LogP contribution in [0, 0.1) is 0 Å². The number of carbonyl (C=O) groups is 1. The fourth-order valence-electron chi connectivity index (χ4n) is 1.11. The summed E-state index contributed by atoms with van der Waals surface area (Å²) in [4.78, 5) is 14.8. The number of nitrogens with two attached hydrogens (primary N) is 1. The topological polar surface area (TPSA) is 74.4 Å². The fraction of sp³-hybridized carbons (Fsp3) is 0.500. The minimum absolute atomic E-state index is 0.174. The molecule has 0 aliphatic heterocycles. The van der Waals surface area contributed by atoms with Gasteiger partial charge < -0.3 is 15.2 Å². The van der Waals surface area contributed by atoms with E-state index in [0.29, 0.717) is 24.7 Å². The van der Waals surface area contributed by atoms with E-state index in [2.05, 4.69) is 4.98 Å². The van der Waals surface area contributed by atoms with Crippen molar-refractivity contribution in [1.29, 1.82) is 0 Å². The Bertz CT molecular complexity index is 368. The van der Waals surface area contributed by atoms with Crippen LogP contribution in [-0.4, -0.2) is 29.7 Å². The predicted molar refractivity (Wildman–Crippen MR) is 64.0 cm³/mol. The van der Waals surface area contributed by atoms with Gasteiger partial charge in [0.25, 0.3) is 0 Å². The van der Waals surface area contributed by atoms with Crippen LogP contribution in [0.5, 0.6) is 5.88 Å². The first kappa shape index (κ1) is 13.4. The third kappa shape index (κ3) is 5.31. The Hall–Kier alpha value is -1.62. The van der Waals surface area contributed by atoms with Gasteiger partial charge in [0.1, 0.15) is 6.61 Å². The standard InChI is InChI=1S/C12H18N2O3/c1-12(2,3)17-7-6-16-10-5-4-9(8-14-10)11(13)15/h4-5,8H,6-7H2,1-3H3,(H2,13,15). The monoisotopic (exact) mass is 238 g/mol. The third-order valence-electron chi connectivity index (χ3n) is 1.89. The van der Waals surface area contributed by atoms with Crippen molar-refractivity contribution >= 4 is 5.91 Å². The normalized spacial score (nSPS) is 11.2. The van der Waals surface area contributed by atoms with Crippen molar-refractivity contribution in [3.8, 4) is 5.88 Å². The summed E-state index contributed by atoms with van der Waals surface area (Å²) < 4.78 is 10.8. The van der Waals surface area contributed by atoms with E-state index >= 15 is 0 Å². The average molecular weight is 238 g/mol. The van der Waals surface area contributed by atoms with E-state index in [1.165, 1.54) is 6.20 Å². The van der Waals surface area contributed by atoms with E-state index in [4.69, 9.17) is 15.2 Å². The lowest BCUT2D eigenvalue weighted by Crippen LogP contribution is -2.22. The van der Waals surface area contributed by atoms with Gasteiger partial charge in [-0.15, -0.1) is 0 Å². The molecule has 5 heteroatoms. The molecule has 1 rings (SSSR count). The first-order valence-corrected chi connectivity index (χ1v) is 5.41. The van der Waals surface area contributed by atoms with Crippen LogP contribution in [0.15, 0.2) is 18.3 Å². The molecular formula is C12H18N2O3. The zero-order valence-electron chi connectivity index (χ0n) is 10.4. The number of ether oxygens (including phenoxy) is 2. The van der Waals surface area contributed by atoms with Gasteiger partial charge >= 0.3 is 0 Å². The predicted octanol–water partition coefficient (Wildman–Crippen LogP) is 1.37. The fourth-order valence-corrected chi connectivity index (χ4v) is 1.11. The second-order valence-corrected chi connectivity index (χ2v) is 4.56. The molecule has 0 atom stereocenters. The van der Waals surface area contributed by atoms with Gasteiger partial charge in [-0.2, -0.15) is 0 Å². The van der Waals surface area contributed by atoms with Crippen molar-refractivity contribution < 1.29 is 14.3 Å². The minimum atomic E-state index is -0.500. The Kier molecular flexibility index (Phi) is 4.45. The summed E-state index contributed by atoms with van der Waals surface area (Å²) in [5.41, 5.74) is 5.28. The minimum Gasteiger partial charge on any atom is -0.475 e. The molecule has 17 heavy (non-hydrogen) atoms. The molecule has 0 bridgehead atoms. The van der Waals surface area contributed by atoms with Crippen LogP contribution < -0.4 is 10.5 Å². The molecule has 0 aliphatic rings. The summed E-state index contributed by atoms with van der Waals surface area (Å²) in [5.74, 6) is -0.0485. The molecule has 0 aliphatic carbocycles. The molecule has 5 nitrogen and oxygen atoms in total. The summed E-state index contributed by atoms with van der Waals surface area (Å²) in [6.45, 7) is 6.84. The van der Waals surface area contributed by atoms with E-state index in [1.54, 1.807) is 12.1 Å². The number of primary amides is 1. The SMILES string of the molecule is CC(C)(C)OCCOc1ccc(C(N)=O)cn1. The van der Waals surface area contributed by atoms with E-state index in [0.717, 1.165) is 0 Å². The number of carbonyl (C=O) groups excluding carboxylic acids is 1. The lowest BCUT2D eigenvalue weighted by atomic mass is 10.2. The molecule has 0 aromatic carbocycles. The number of aromatic nitrogens is 1. The Morgan fingerprint density at radius 2 is 2.06 bits per heavy atom. The zero-order valence-corrected chi connectivity index (χ0v) is 10.4. The molecule has 0 spiro atoms. The van der Waals surface area contributed by atoms with E-state index in [-0.39, 0.29) is 5.60 Å². The second-order valence-electron chi connectivity index (χ2n) is 4.56. The van der Waals surface area contributed by atoms with Crippen molar-refractivity contribution in [3.05, 3.63) is 23.9 Å². The third-order valence-corrected chi connectivity index (χ3v) is 1.89. The van der Waals surface area contributed by atoms with Crippen LogP contribution in [0.25, 0.3) is 0 Å². The molecule has 1 heterocycles. The average Bonchev–Trinajstić information content (AvgIpc) is 2.24. The van der Waals surface area contributed by atoms with Crippen LogP contribution in [0.2, 0.25) is 0 Å². The van der Waals surface area contributed by atoms with Gasteiger partial charge in [-0.3, -0.25) is 4.79 Å². The van der Waals surface area contributed by atoms with Crippen molar-refractivity contribution in [3.63, 3.8) is 0 Å². The highest BCUT2D eigenvalue weighted by Crippen LogP contribution is 2.09. The van der Waals surface area contributed by atoms with Gasteiger partial charge in [0.2, 0.25) is 11.8 Å². The van der Waals surface area contributed by atoms with E-state index < -0.39 is 5.91 Å². The van der Waals surface area contributed by atoms with Crippen LogP contribution in [-0.2, 0) is 4.74 Å². The Balaban J connectivity index is 2.35. The molecule has 0 saturated heterocycles. The summed E-state index contributed by atoms with van der Waals surface area (Å²) in [6, 6.07) is 3.19. The maximum Gasteiger partial charge on any atom is 0.250 e. The Labute approximate surface area is 101 Å². The van der Waals surface area contributed by atoms with Crippen LogP contribution in [0.1, 0.15) is 31.1 Å². The lowest BCUT2D eigenvalue weighted by molar-refractivity contribution is -0.0168. The van der Waals surface area contributed by atoms with E-state index in [9.17, 15) is 4.79 Å². The van der Waals surface area contributed by atoms with Crippen molar-refractivity contribution in [1.82, 2.24) is 4.98 Å². The summed E-state index contributed by atoms with van der Waals surface area (Å²) in [6.07, 6.45) is 1.39. The molecule has 2 N–H and O–H groups in total. The number of hydrogen-bond acceptors (Lipinski definition) is 4. The molecule has 1 aromatic heterocycles. The first-order valence-electron chi connectivity index (χ1n) is 5.41. The van der Waals surface area contributed by atoms with Gasteiger partial charge in [-0.1, -0.05) is 0 Å². The molecule has 0 fully saturated rings. The smallest absolute Gasteiger partial charge is 0.250 e. The highest BCUT2D eigenvalue weighted by atomic mass is 16.5. The molecule has 0 saturated carbocycles. The number of amides is 1. The lowest BCUT2D eigenvalue weighted by Gasteiger charge is -2.19. The van der Waals surface area contributed by atoms with Gasteiger partial charge in [0.05, 0.1) is 17.8 Å². The van der Waals surface area contributed by atoms with Gasteiger partial charge in [0, 0.05) is 12.3 Å². The van der Waals surface area contributed by atoms with Crippen molar-refractivity contribution in [2.75, 3.05) is 13.2 Å². The van der Waals surface area contributed by atoms with Crippen LogP contribution >= 0.6 is 0 Å². The number of rotatable bonds is 5.